The van der Waals surface area contributed by atoms with Crippen LogP contribution in [0.1, 0.15) is 36.2 Å². The number of amides is 1. The normalized spacial score (nSPS) is 12.3. The van der Waals surface area contributed by atoms with Crippen molar-refractivity contribution in [1.82, 2.24) is 5.32 Å². The largest absolute Gasteiger partial charge is 0.480 e. The van der Waals surface area contributed by atoms with Gasteiger partial charge in [0.15, 0.2) is 0 Å². The van der Waals surface area contributed by atoms with Crippen LogP contribution < -0.4 is 5.32 Å². The van der Waals surface area contributed by atoms with E-state index >= 15 is 0 Å². The Bertz CT molecular complexity index is 480. The summed E-state index contributed by atoms with van der Waals surface area (Å²) in [6.07, 6.45) is 4.51. The number of rotatable bonds is 6. The van der Waals surface area contributed by atoms with Gasteiger partial charge < -0.3 is 10.4 Å². The van der Waals surface area contributed by atoms with Crippen LogP contribution in [-0.2, 0) is 11.2 Å². The minimum Gasteiger partial charge on any atom is -0.480 e. The second-order valence-corrected chi connectivity index (χ2v) is 4.18. The molecule has 102 valence electrons. The van der Waals surface area contributed by atoms with Crippen LogP contribution in [0.4, 0.5) is 0 Å². The first kappa shape index (κ1) is 15.0. The number of hydrogen-bond acceptors (Lipinski definition) is 2. The maximum atomic E-state index is 12.1. The zero-order valence-electron chi connectivity index (χ0n) is 11.2. The number of hydrogen-bond donors (Lipinski definition) is 2. The van der Waals surface area contributed by atoms with Gasteiger partial charge in [-0.25, -0.2) is 4.79 Å². The zero-order chi connectivity index (χ0) is 14.3. The number of carboxylic acid groups (broad SMARTS) is 1. The number of aryl methyl sites for hydroxylation is 1. The maximum absolute atomic E-state index is 12.1. The Morgan fingerprint density at radius 2 is 2.05 bits per heavy atom. The monoisotopic (exact) mass is 261 g/mol. The van der Waals surface area contributed by atoms with Crippen LogP contribution >= 0.6 is 0 Å². The molecular weight excluding hydrogens is 242 g/mol. The van der Waals surface area contributed by atoms with Crippen LogP contribution in [0.3, 0.4) is 0 Å². The molecule has 0 aliphatic heterocycles. The predicted octanol–water partition coefficient (Wildman–Crippen LogP) is 2.40. The van der Waals surface area contributed by atoms with E-state index in [1.165, 1.54) is 0 Å². The Balaban J connectivity index is 2.84. The van der Waals surface area contributed by atoms with Crippen LogP contribution in [0.2, 0.25) is 0 Å². The molecule has 0 aliphatic carbocycles. The molecule has 0 aliphatic rings. The first-order valence-corrected chi connectivity index (χ1v) is 6.32. The van der Waals surface area contributed by atoms with E-state index in [0.29, 0.717) is 5.56 Å². The van der Waals surface area contributed by atoms with E-state index in [-0.39, 0.29) is 12.3 Å². The van der Waals surface area contributed by atoms with Crippen molar-refractivity contribution in [3.63, 3.8) is 0 Å². The third-order valence-electron chi connectivity index (χ3n) is 2.85. The van der Waals surface area contributed by atoms with Gasteiger partial charge in [-0.15, -0.1) is 0 Å². The summed E-state index contributed by atoms with van der Waals surface area (Å²) < 4.78 is 0. The summed E-state index contributed by atoms with van der Waals surface area (Å²) in [4.78, 5) is 23.2. The van der Waals surface area contributed by atoms with E-state index in [1.807, 2.05) is 26.0 Å². The Morgan fingerprint density at radius 1 is 1.37 bits per heavy atom. The van der Waals surface area contributed by atoms with Crippen LogP contribution in [0.5, 0.6) is 0 Å². The van der Waals surface area contributed by atoms with Crippen LogP contribution in [0.15, 0.2) is 36.4 Å². The van der Waals surface area contributed by atoms with Gasteiger partial charge in [0, 0.05) is 5.56 Å². The van der Waals surface area contributed by atoms with Gasteiger partial charge in [-0.05, 0) is 31.4 Å². The molecule has 0 radical (unpaired) electrons. The summed E-state index contributed by atoms with van der Waals surface area (Å²) in [5, 5.41) is 11.6. The molecule has 1 atom stereocenters. The van der Waals surface area contributed by atoms with Crippen molar-refractivity contribution in [1.29, 1.82) is 0 Å². The Labute approximate surface area is 113 Å². The summed E-state index contributed by atoms with van der Waals surface area (Å²) >= 11 is 0. The molecule has 2 N–H and O–H groups in total. The summed E-state index contributed by atoms with van der Waals surface area (Å²) in [5.41, 5.74) is 1.45. The molecule has 0 aromatic heterocycles. The lowest BCUT2D eigenvalue weighted by atomic mass is 10.0. The first-order valence-electron chi connectivity index (χ1n) is 6.32. The Kier molecular flexibility index (Phi) is 5.79. The smallest absolute Gasteiger partial charge is 0.326 e. The van der Waals surface area contributed by atoms with E-state index in [0.717, 1.165) is 12.0 Å². The van der Waals surface area contributed by atoms with Crippen LogP contribution in [0, 0.1) is 0 Å². The first-order chi connectivity index (χ1) is 9.10. The lowest BCUT2D eigenvalue weighted by Crippen LogP contribution is -2.40. The van der Waals surface area contributed by atoms with E-state index in [1.54, 1.807) is 24.3 Å². The molecule has 0 spiro atoms. The van der Waals surface area contributed by atoms with E-state index in [4.69, 9.17) is 5.11 Å². The van der Waals surface area contributed by atoms with Crippen molar-refractivity contribution in [3.8, 4) is 0 Å². The van der Waals surface area contributed by atoms with Crippen molar-refractivity contribution < 1.29 is 14.7 Å². The van der Waals surface area contributed by atoms with Gasteiger partial charge >= 0.3 is 5.97 Å². The summed E-state index contributed by atoms with van der Waals surface area (Å²) in [7, 11) is 0. The fraction of sp³-hybridized carbons (Fsp3) is 0.333. The lowest BCUT2D eigenvalue weighted by Gasteiger charge is -2.14. The third kappa shape index (κ3) is 4.25. The van der Waals surface area contributed by atoms with Crippen molar-refractivity contribution in [2.45, 2.75) is 32.7 Å². The Hall–Kier alpha value is -2.10. The van der Waals surface area contributed by atoms with Gasteiger partial charge in [0.25, 0.3) is 5.91 Å². The standard InChI is InChI=1S/C15H19NO3/c1-3-5-10-13(15(18)19)16-14(17)12-9-7-6-8-11(12)4-2/h3,5-9,13H,4,10H2,1-2H3,(H,16,17)(H,18,19)/b5-3+. The average Bonchev–Trinajstić information content (AvgIpc) is 2.42. The Morgan fingerprint density at radius 3 is 2.63 bits per heavy atom. The highest BCUT2D eigenvalue weighted by Crippen LogP contribution is 2.10. The zero-order valence-corrected chi connectivity index (χ0v) is 11.2. The van der Waals surface area contributed by atoms with E-state index < -0.39 is 12.0 Å². The van der Waals surface area contributed by atoms with Gasteiger partial charge in [0.05, 0.1) is 0 Å². The predicted molar refractivity (Wildman–Crippen MR) is 74.1 cm³/mol. The summed E-state index contributed by atoms with van der Waals surface area (Å²) in [5.74, 6) is -1.37. The molecule has 0 heterocycles. The summed E-state index contributed by atoms with van der Waals surface area (Å²) in [6.45, 7) is 3.77. The van der Waals surface area contributed by atoms with Crippen molar-refractivity contribution >= 4 is 11.9 Å². The van der Waals surface area contributed by atoms with Gasteiger partial charge in [0.1, 0.15) is 6.04 Å². The molecule has 1 amide bonds. The number of nitrogens with one attached hydrogen (secondary N) is 1. The van der Waals surface area contributed by atoms with Crippen molar-refractivity contribution in [2.75, 3.05) is 0 Å². The van der Waals surface area contributed by atoms with Gasteiger partial charge in [-0.2, -0.15) is 0 Å². The minimum absolute atomic E-state index is 0.284. The van der Waals surface area contributed by atoms with E-state index in [9.17, 15) is 9.59 Å². The van der Waals surface area contributed by atoms with Gasteiger partial charge in [0.2, 0.25) is 0 Å². The number of carbonyl (C=O) groups excluding carboxylic acids is 1. The lowest BCUT2D eigenvalue weighted by molar-refractivity contribution is -0.139. The molecule has 1 rings (SSSR count). The highest BCUT2D eigenvalue weighted by Gasteiger charge is 2.20. The molecule has 4 heteroatoms. The highest BCUT2D eigenvalue weighted by molar-refractivity contribution is 5.97. The van der Waals surface area contributed by atoms with Crippen molar-refractivity contribution in [3.05, 3.63) is 47.5 Å². The number of carboxylic acids is 1. The highest BCUT2D eigenvalue weighted by atomic mass is 16.4. The number of allylic oxidation sites excluding steroid dienone is 1. The molecule has 0 saturated carbocycles. The molecule has 0 saturated heterocycles. The number of carbonyl (C=O) groups is 2. The second kappa shape index (κ2) is 7.36. The molecule has 1 aromatic carbocycles. The fourth-order valence-corrected chi connectivity index (χ4v) is 1.78. The molecular formula is C15H19NO3. The average molecular weight is 261 g/mol. The topological polar surface area (TPSA) is 66.4 Å². The van der Waals surface area contributed by atoms with Crippen LogP contribution in [-0.4, -0.2) is 23.0 Å². The van der Waals surface area contributed by atoms with E-state index in [2.05, 4.69) is 5.32 Å². The number of benzene rings is 1. The summed E-state index contributed by atoms with van der Waals surface area (Å²) in [6, 6.07) is 6.33. The maximum Gasteiger partial charge on any atom is 0.326 e. The molecule has 19 heavy (non-hydrogen) atoms. The quantitative estimate of drug-likeness (QED) is 0.773. The SMILES string of the molecule is C/C=C/CC(NC(=O)c1ccccc1CC)C(=O)O. The van der Waals surface area contributed by atoms with Gasteiger partial charge in [-0.1, -0.05) is 37.3 Å². The van der Waals surface area contributed by atoms with Crippen LogP contribution in [0.25, 0.3) is 0 Å². The second-order valence-electron chi connectivity index (χ2n) is 4.18. The number of aliphatic carboxylic acids is 1. The minimum atomic E-state index is -1.03. The van der Waals surface area contributed by atoms with Gasteiger partial charge in [-0.3, -0.25) is 4.79 Å². The fourth-order valence-electron chi connectivity index (χ4n) is 1.78. The molecule has 0 fully saturated rings. The third-order valence-corrected chi connectivity index (χ3v) is 2.85. The molecule has 1 unspecified atom stereocenters. The van der Waals surface area contributed by atoms with Crippen molar-refractivity contribution in [2.24, 2.45) is 0 Å². The molecule has 0 bridgehead atoms. The molecule has 1 aromatic rings. The molecule has 4 nitrogen and oxygen atoms in total.